The van der Waals surface area contributed by atoms with Crippen molar-refractivity contribution < 1.29 is 14.6 Å². The molecule has 0 fully saturated rings. The van der Waals surface area contributed by atoms with Crippen LogP contribution < -0.4 is 4.74 Å². The monoisotopic (exact) mass is 348 g/mol. The van der Waals surface area contributed by atoms with Crippen molar-refractivity contribution >= 4 is 21.9 Å². The van der Waals surface area contributed by atoms with Gasteiger partial charge in [-0.2, -0.15) is 0 Å². The molecule has 0 aliphatic heterocycles. The van der Waals surface area contributed by atoms with E-state index in [1.807, 2.05) is 19.1 Å². The Balaban J connectivity index is 2.44. The molecular formula is C17H17BrO3. The first-order valence-electron chi connectivity index (χ1n) is 6.69. The van der Waals surface area contributed by atoms with Gasteiger partial charge in [-0.3, -0.25) is 0 Å². The van der Waals surface area contributed by atoms with Crippen LogP contribution in [0.15, 0.2) is 40.9 Å². The van der Waals surface area contributed by atoms with Crippen molar-refractivity contribution in [1.82, 2.24) is 0 Å². The van der Waals surface area contributed by atoms with Crippen LogP contribution in [0.4, 0.5) is 0 Å². The van der Waals surface area contributed by atoms with E-state index in [0.29, 0.717) is 17.4 Å². The molecule has 0 atom stereocenters. The Morgan fingerprint density at radius 1 is 1.14 bits per heavy atom. The normalized spacial score (nSPS) is 10.7. The molecule has 21 heavy (non-hydrogen) atoms. The first-order valence-corrected chi connectivity index (χ1v) is 7.49. The minimum absolute atomic E-state index is 0.146. The third-order valence-electron chi connectivity index (χ3n) is 3.27. The second-order valence-electron chi connectivity index (χ2n) is 5.23. The van der Waals surface area contributed by atoms with Crippen LogP contribution in [-0.4, -0.2) is 11.1 Å². The number of carbonyl (C=O) groups is 1. The van der Waals surface area contributed by atoms with Crippen molar-refractivity contribution in [1.29, 1.82) is 0 Å². The Hall–Kier alpha value is -1.81. The summed E-state index contributed by atoms with van der Waals surface area (Å²) in [4.78, 5) is 11.3. The van der Waals surface area contributed by atoms with Crippen molar-refractivity contribution in [2.75, 3.05) is 0 Å². The fourth-order valence-corrected chi connectivity index (χ4v) is 2.30. The van der Waals surface area contributed by atoms with Crippen LogP contribution in [0.1, 0.15) is 41.3 Å². The minimum atomic E-state index is -1.00. The highest BCUT2D eigenvalue weighted by Gasteiger charge is 2.14. The molecule has 0 heterocycles. The van der Waals surface area contributed by atoms with Crippen molar-refractivity contribution in [2.24, 2.45) is 0 Å². The molecule has 0 saturated heterocycles. The number of aromatic carboxylic acids is 1. The molecule has 3 nitrogen and oxygen atoms in total. The molecule has 2 rings (SSSR count). The van der Waals surface area contributed by atoms with Crippen molar-refractivity contribution in [3.05, 3.63) is 57.6 Å². The Bertz CT molecular complexity index is 678. The van der Waals surface area contributed by atoms with Gasteiger partial charge in [0.05, 0.1) is 0 Å². The highest BCUT2D eigenvalue weighted by atomic mass is 79.9. The zero-order chi connectivity index (χ0) is 15.6. The van der Waals surface area contributed by atoms with Gasteiger partial charge >= 0.3 is 5.97 Å². The quantitative estimate of drug-likeness (QED) is 0.807. The van der Waals surface area contributed by atoms with E-state index in [1.165, 1.54) is 6.07 Å². The summed E-state index contributed by atoms with van der Waals surface area (Å²) < 4.78 is 6.64. The number of ether oxygens (including phenoxy) is 1. The lowest BCUT2D eigenvalue weighted by molar-refractivity contribution is 0.0694. The minimum Gasteiger partial charge on any atom is -0.478 e. The third kappa shape index (κ3) is 3.64. The van der Waals surface area contributed by atoms with Crippen LogP contribution in [0.25, 0.3) is 0 Å². The van der Waals surface area contributed by atoms with Gasteiger partial charge < -0.3 is 9.84 Å². The van der Waals surface area contributed by atoms with Gasteiger partial charge in [-0.1, -0.05) is 41.9 Å². The number of benzene rings is 2. The summed E-state index contributed by atoms with van der Waals surface area (Å²) in [6.45, 7) is 6.16. The summed E-state index contributed by atoms with van der Waals surface area (Å²) >= 11 is 3.34. The van der Waals surface area contributed by atoms with Gasteiger partial charge in [0.1, 0.15) is 17.1 Å². The smallest absolute Gasteiger partial charge is 0.339 e. The van der Waals surface area contributed by atoms with Crippen molar-refractivity contribution in [3.63, 3.8) is 0 Å². The first kappa shape index (κ1) is 15.6. The Morgan fingerprint density at radius 2 is 1.86 bits per heavy atom. The van der Waals surface area contributed by atoms with Gasteiger partial charge in [-0.25, -0.2) is 4.79 Å². The van der Waals surface area contributed by atoms with Gasteiger partial charge in [0.15, 0.2) is 0 Å². The Morgan fingerprint density at radius 3 is 2.48 bits per heavy atom. The van der Waals surface area contributed by atoms with Crippen LogP contribution in [0, 0.1) is 6.92 Å². The van der Waals surface area contributed by atoms with Crippen molar-refractivity contribution in [2.45, 2.75) is 26.7 Å². The van der Waals surface area contributed by atoms with Gasteiger partial charge in [0.25, 0.3) is 0 Å². The molecule has 0 saturated carbocycles. The van der Waals surface area contributed by atoms with E-state index in [0.717, 1.165) is 15.6 Å². The summed E-state index contributed by atoms with van der Waals surface area (Å²) in [5.41, 5.74) is 2.27. The fraction of sp³-hybridized carbons (Fsp3) is 0.235. The van der Waals surface area contributed by atoms with E-state index in [-0.39, 0.29) is 5.56 Å². The summed E-state index contributed by atoms with van der Waals surface area (Å²) in [5, 5.41) is 9.25. The van der Waals surface area contributed by atoms with Crippen molar-refractivity contribution in [3.8, 4) is 11.5 Å². The largest absolute Gasteiger partial charge is 0.478 e. The lowest BCUT2D eigenvalue weighted by atomic mass is 10.0. The SMILES string of the molecule is Cc1ccc(C(C)C)cc1Oc1cc(Br)ccc1C(=O)O. The van der Waals surface area contributed by atoms with E-state index in [9.17, 15) is 9.90 Å². The maximum Gasteiger partial charge on any atom is 0.339 e. The highest BCUT2D eigenvalue weighted by Crippen LogP contribution is 2.32. The van der Waals surface area contributed by atoms with E-state index >= 15 is 0 Å². The number of halogens is 1. The number of carboxylic acids is 1. The lowest BCUT2D eigenvalue weighted by Crippen LogP contribution is -2.01. The third-order valence-corrected chi connectivity index (χ3v) is 3.77. The standard InChI is InChI=1S/C17H17BrO3/c1-10(2)12-5-4-11(3)15(8-12)21-16-9-13(18)6-7-14(16)17(19)20/h4-10H,1-3H3,(H,19,20). The fourth-order valence-electron chi connectivity index (χ4n) is 1.96. The van der Waals surface area contributed by atoms with Crippen LogP contribution >= 0.6 is 15.9 Å². The predicted molar refractivity (Wildman–Crippen MR) is 86.4 cm³/mol. The number of hydrogen-bond donors (Lipinski definition) is 1. The topological polar surface area (TPSA) is 46.5 Å². The van der Waals surface area contributed by atoms with Crippen LogP contribution in [0.3, 0.4) is 0 Å². The number of carboxylic acid groups (broad SMARTS) is 1. The molecule has 0 unspecified atom stereocenters. The summed E-state index contributed by atoms with van der Waals surface area (Å²) in [6, 6.07) is 10.9. The molecule has 0 aliphatic rings. The van der Waals surface area contributed by atoms with Gasteiger partial charge in [-0.05, 0) is 48.2 Å². The summed E-state index contributed by atoms with van der Waals surface area (Å²) in [7, 11) is 0. The number of hydrogen-bond acceptors (Lipinski definition) is 2. The molecule has 4 heteroatoms. The maximum absolute atomic E-state index is 11.3. The Kier molecular flexibility index (Phi) is 4.68. The van der Waals surface area contributed by atoms with Crippen LogP contribution in [-0.2, 0) is 0 Å². The predicted octanol–water partition coefficient (Wildman–Crippen LogP) is 5.37. The molecular weight excluding hydrogens is 332 g/mol. The molecule has 0 amide bonds. The van der Waals surface area contributed by atoms with Gasteiger partial charge in [0, 0.05) is 4.47 Å². The second kappa shape index (κ2) is 6.31. The molecule has 0 spiro atoms. The molecule has 1 N–H and O–H groups in total. The van der Waals surface area contributed by atoms with Gasteiger partial charge in [-0.15, -0.1) is 0 Å². The van der Waals surface area contributed by atoms with E-state index in [4.69, 9.17) is 4.74 Å². The van der Waals surface area contributed by atoms with E-state index in [1.54, 1.807) is 12.1 Å². The highest BCUT2D eigenvalue weighted by molar-refractivity contribution is 9.10. The lowest BCUT2D eigenvalue weighted by Gasteiger charge is -2.14. The Labute approximate surface area is 132 Å². The molecule has 0 aliphatic carbocycles. The molecule has 110 valence electrons. The van der Waals surface area contributed by atoms with Crippen LogP contribution in [0.5, 0.6) is 11.5 Å². The zero-order valence-corrected chi connectivity index (χ0v) is 13.8. The van der Waals surface area contributed by atoms with Crippen LogP contribution in [0.2, 0.25) is 0 Å². The zero-order valence-electron chi connectivity index (χ0n) is 12.2. The maximum atomic E-state index is 11.3. The molecule has 0 aromatic heterocycles. The van der Waals surface area contributed by atoms with E-state index < -0.39 is 5.97 Å². The summed E-state index contributed by atoms with van der Waals surface area (Å²) in [5.74, 6) is 0.396. The number of rotatable bonds is 4. The molecule has 2 aromatic rings. The first-order chi connectivity index (χ1) is 9.88. The average Bonchev–Trinajstić information content (AvgIpc) is 2.40. The van der Waals surface area contributed by atoms with E-state index in [2.05, 4.69) is 35.8 Å². The number of aryl methyl sites for hydroxylation is 1. The second-order valence-corrected chi connectivity index (χ2v) is 6.14. The molecule has 0 bridgehead atoms. The average molecular weight is 349 g/mol. The molecule has 2 aromatic carbocycles. The van der Waals surface area contributed by atoms with Gasteiger partial charge in [0.2, 0.25) is 0 Å². The molecule has 0 radical (unpaired) electrons. The summed E-state index contributed by atoms with van der Waals surface area (Å²) in [6.07, 6.45) is 0.